The molecule has 1 amide bonds. The Hall–Kier alpha value is -1.86. The summed E-state index contributed by atoms with van der Waals surface area (Å²) in [5.41, 5.74) is 0. The molecule has 1 aliphatic heterocycles. The standard InChI is InChI=1S/C74H141NO10/c1-3-5-7-9-11-13-14-15-16-17-33-36-39-42-46-50-54-58-62-70(79)83-63-59-55-51-47-43-40-37-34-31-29-27-25-23-21-19-18-20-22-24-26-28-30-32-35-38-41-45-49-53-57-61-69(78)75-66(67(77)60-56-52-48-44-12-10-8-6-4-2)65-84-74-73(82)72(81)71(80)68(64-76)85-74/h19,21,56,60,66-68,71-74,76-77,80-82H,3-18,20,22-55,57-59,61-65H2,1-2H3,(H,75,78)/b21-19-,60-56+. The van der Waals surface area contributed by atoms with E-state index >= 15 is 0 Å². The Labute approximate surface area is 524 Å². The third-order valence-electron chi connectivity index (χ3n) is 17.8. The second-order valence-electron chi connectivity index (χ2n) is 26.0. The van der Waals surface area contributed by atoms with Crippen molar-refractivity contribution in [2.75, 3.05) is 19.8 Å². The SMILES string of the molecule is CCCCCCCCC/C=C/C(O)C(COC1OC(CO)C(O)C(O)C1O)NC(=O)CCCCCCCCCCCCCCCC/C=C\CCCCCCCCCCCCCCOC(=O)CCCCCCCCCCCCCCCCCCCC. The van der Waals surface area contributed by atoms with Crippen LogP contribution in [0.15, 0.2) is 24.3 Å². The minimum atomic E-state index is -1.57. The lowest BCUT2D eigenvalue weighted by Gasteiger charge is -2.40. The minimum Gasteiger partial charge on any atom is -0.466 e. The van der Waals surface area contributed by atoms with E-state index in [2.05, 4.69) is 31.3 Å². The van der Waals surface area contributed by atoms with E-state index < -0.39 is 49.5 Å². The van der Waals surface area contributed by atoms with Gasteiger partial charge in [-0.2, -0.15) is 0 Å². The van der Waals surface area contributed by atoms with E-state index in [1.165, 1.54) is 295 Å². The first-order valence-electron chi connectivity index (χ1n) is 37.1. The van der Waals surface area contributed by atoms with Gasteiger partial charge in [0.2, 0.25) is 5.91 Å². The molecule has 0 bridgehead atoms. The second-order valence-corrected chi connectivity index (χ2v) is 26.0. The summed E-state index contributed by atoms with van der Waals surface area (Å²) >= 11 is 0. The van der Waals surface area contributed by atoms with Crippen molar-refractivity contribution in [1.82, 2.24) is 5.32 Å². The Morgan fingerprint density at radius 3 is 1.13 bits per heavy atom. The molecule has 0 aromatic carbocycles. The Morgan fingerprint density at radius 1 is 0.424 bits per heavy atom. The number of esters is 1. The highest BCUT2D eigenvalue weighted by Gasteiger charge is 2.44. The van der Waals surface area contributed by atoms with E-state index in [4.69, 9.17) is 14.2 Å². The maximum atomic E-state index is 13.0. The quantitative estimate of drug-likeness (QED) is 0.0195. The lowest BCUT2D eigenvalue weighted by molar-refractivity contribution is -0.302. The van der Waals surface area contributed by atoms with Gasteiger partial charge in [0.1, 0.15) is 24.4 Å². The van der Waals surface area contributed by atoms with Crippen molar-refractivity contribution in [1.29, 1.82) is 0 Å². The van der Waals surface area contributed by atoms with Crippen LogP contribution in [0.25, 0.3) is 0 Å². The molecule has 1 rings (SSSR count). The first kappa shape index (κ1) is 81.2. The van der Waals surface area contributed by atoms with Crippen LogP contribution in [0, 0.1) is 0 Å². The fourth-order valence-electron chi connectivity index (χ4n) is 12.0. The third kappa shape index (κ3) is 52.6. The minimum absolute atomic E-state index is 0.0139. The van der Waals surface area contributed by atoms with Crippen LogP contribution < -0.4 is 5.32 Å². The summed E-state index contributed by atoms with van der Waals surface area (Å²) in [6.07, 6.45) is 70.6. The number of nitrogens with one attached hydrogen (secondary N) is 1. The zero-order valence-electron chi connectivity index (χ0n) is 55.8. The van der Waals surface area contributed by atoms with Crippen molar-refractivity contribution in [3.63, 3.8) is 0 Å². The first-order valence-corrected chi connectivity index (χ1v) is 37.1. The Bertz CT molecular complexity index is 1460. The normalized spacial score (nSPS) is 18.0. The number of hydrogen-bond donors (Lipinski definition) is 6. The maximum Gasteiger partial charge on any atom is 0.305 e. The number of carbonyl (C=O) groups excluding carboxylic acids is 2. The molecule has 6 N–H and O–H groups in total. The summed E-state index contributed by atoms with van der Waals surface area (Å²) in [7, 11) is 0. The van der Waals surface area contributed by atoms with Crippen LogP contribution in [0.3, 0.4) is 0 Å². The predicted octanol–water partition coefficient (Wildman–Crippen LogP) is 19.2. The Balaban J connectivity index is 1.89. The van der Waals surface area contributed by atoms with Gasteiger partial charge >= 0.3 is 5.97 Å². The molecule has 85 heavy (non-hydrogen) atoms. The van der Waals surface area contributed by atoms with Crippen LogP contribution in [0.4, 0.5) is 0 Å². The summed E-state index contributed by atoms with van der Waals surface area (Å²) in [5.74, 6) is -0.167. The monoisotopic (exact) mass is 1200 g/mol. The molecule has 11 nitrogen and oxygen atoms in total. The van der Waals surface area contributed by atoms with Gasteiger partial charge in [-0.15, -0.1) is 0 Å². The summed E-state index contributed by atoms with van der Waals surface area (Å²) in [6, 6.07) is -0.807. The van der Waals surface area contributed by atoms with E-state index in [9.17, 15) is 35.1 Å². The van der Waals surface area contributed by atoms with Crippen LogP contribution in [0.5, 0.6) is 0 Å². The molecular weight excluding hydrogens is 1060 g/mol. The number of allylic oxidation sites excluding steroid dienone is 3. The number of aliphatic hydroxyl groups is 5. The summed E-state index contributed by atoms with van der Waals surface area (Å²) in [6.45, 7) is 4.36. The summed E-state index contributed by atoms with van der Waals surface area (Å²) < 4.78 is 16.7. The van der Waals surface area contributed by atoms with Crippen LogP contribution >= 0.6 is 0 Å². The molecule has 7 unspecified atom stereocenters. The molecule has 1 fully saturated rings. The van der Waals surface area contributed by atoms with Gasteiger partial charge in [-0.25, -0.2) is 0 Å². The molecule has 502 valence electrons. The molecule has 0 radical (unpaired) electrons. The average molecular weight is 1200 g/mol. The maximum absolute atomic E-state index is 13.0. The average Bonchev–Trinajstić information content (AvgIpc) is 3.15. The van der Waals surface area contributed by atoms with Crippen molar-refractivity contribution in [2.24, 2.45) is 0 Å². The van der Waals surface area contributed by atoms with Crippen LogP contribution in [0.2, 0.25) is 0 Å². The van der Waals surface area contributed by atoms with Gasteiger partial charge in [0.25, 0.3) is 0 Å². The lowest BCUT2D eigenvalue weighted by Crippen LogP contribution is -2.60. The van der Waals surface area contributed by atoms with Gasteiger partial charge in [0, 0.05) is 12.8 Å². The molecule has 0 aromatic rings. The van der Waals surface area contributed by atoms with E-state index in [0.717, 1.165) is 51.4 Å². The fraction of sp³-hybridized carbons (Fsp3) is 0.919. The predicted molar refractivity (Wildman–Crippen MR) is 357 cm³/mol. The molecule has 0 aromatic heterocycles. The number of ether oxygens (including phenoxy) is 3. The number of carbonyl (C=O) groups is 2. The molecular formula is C74H141NO10. The fourth-order valence-corrected chi connectivity index (χ4v) is 12.0. The van der Waals surface area contributed by atoms with Gasteiger partial charge in [-0.3, -0.25) is 9.59 Å². The first-order chi connectivity index (χ1) is 41.7. The number of hydrogen-bond acceptors (Lipinski definition) is 10. The number of amides is 1. The molecule has 0 spiro atoms. The molecule has 7 atom stereocenters. The van der Waals surface area contributed by atoms with E-state index in [0.29, 0.717) is 19.4 Å². The van der Waals surface area contributed by atoms with Gasteiger partial charge in [0.15, 0.2) is 6.29 Å². The van der Waals surface area contributed by atoms with Crippen LogP contribution in [-0.2, 0) is 23.8 Å². The number of unbranched alkanes of at least 4 members (excludes halogenated alkanes) is 50. The molecule has 0 aliphatic carbocycles. The number of aliphatic hydroxyl groups excluding tert-OH is 5. The summed E-state index contributed by atoms with van der Waals surface area (Å²) in [4.78, 5) is 25.1. The molecule has 1 heterocycles. The lowest BCUT2D eigenvalue weighted by atomic mass is 9.99. The highest BCUT2D eigenvalue weighted by molar-refractivity contribution is 5.76. The van der Waals surface area contributed by atoms with E-state index in [-0.39, 0.29) is 18.5 Å². The van der Waals surface area contributed by atoms with Crippen molar-refractivity contribution >= 4 is 11.9 Å². The van der Waals surface area contributed by atoms with Gasteiger partial charge in [-0.05, 0) is 57.8 Å². The van der Waals surface area contributed by atoms with Crippen LogP contribution in [-0.4, -0.2) is 100 Å². The van der Waals surface area contributed by atoms with Gasteiger partial charge < -0.3 is 45.1 Å². The van der Waals surface area contributed by atoms with Crippen molar-refractivity contribution in [3.05, 3.63) is 24.3 Å². The van der Waals surface area contributed by atoms with E-state index in [1.807, 2.05) is 6.08 Å². The largest absolute Gasteiger partial charge is 0.466 e. The molecule has 0 saturated carbocycles. The van der Waals surface area contributed by atoms with Crippen LogP contribution in [0.1, 0.15) is 373 Å². The van der Waals surface area contributed by atoms with Gasteiger partial charge in [0.05, 0.1) is 32.0 Å². The topological polar surface area (TPSA) is 175 Å². The Kier molecular flexibility index (Phi) is 60.8. The second kappa shape index (κ2) is 63.7. The van der Waals surface area contributed by atoms with Crippen molar-refractivity contribution in [2.45, 2.75) is 416 Å². The zero-order chi connectivity index (χ0) is 61.6. The highest BCUT2D eigenvalue weighted by Crippen LogP contribution is 2.24. The molecule has 1 saturated heterocycles. The van der Waals surface area contributed by atoms with Gasteiger partial charge in [-0.1, -0.05) is 327 Å². The third-order valence-corrected chi connectivity index (χ3v) is 17.8. The number of rotatable bonds is 66. The molecule has 1 aliphatic rings. The summed E-state index contributed by atoms with van der Waals surface area (Å²) in [5, 5.41) is 54.3. The smallest absolute Gasteiger partial charge is 0.305 e. The highest BCUT2D eigenvalue weighted by atomic mass is 16.7. The molecule has 11 heteroatoms. The van der Waals surface area contributed by atoms with Crippen molar-refractivity contribution in [3.8, 4) is 0 Å². The zero-order valence-corrected chi connectivity index (χ0v) is 55.8. The Morgan fingerprint density at radius 2 is 0.753 bits per heavy atom. The van der Waals surface area contributed by atoms with Crippen molar-refractivity contribution < 1.29 is 49.3 Å². The van der Waals surface area contributed by atoms with E-state index in [1.54, 1.807) is 6.08 Å².